The normalized spacial score (nSPS) is 10.7. The van der Waals surface area contributed by atoms with E-state index in [-0.39, 0.29) is 5.91 Å². The van der Waals surface area contributed by atoms with Gasteiger partial charge in [0.2, 0.25) is 5.91 Å². The van der Waals surface area contributed by atoms with Crippen molar-refractivity contribution in [2.24, 2.45) is 0 Å². The Morgan fingerprint density at radius 2 is 2.05 bits per heavy atom. The summed E-state index contributed by atoms with van der Waals surface area (Å²) in [6, 6.07) is 1.94. The van der Waals surface area contributed by atoms with Gasteiger partial charge in [-0.3, -0.25) is 9.69 Å². The Morgan fingerprint density at radius 1 is 1.29 bits per heavy atom. The van der Waals surface area contributed by atoms with Crippen LogP contribution in [-0.2, 0) is 11.3 Å². The smallest absolute Gasteiger partial charge is 0.234 e. The number of nitrogens with one attached hydrogen (secondary N) is 2. The monoisotopic (exact) mass is 293 g/mol. The molecule has 0 aliphatic rings. The quantitative estimate of drug-likeness (QED) is 0.723. The number of hydrogen-bond donors (Lipinski definition) is 2. The molecule has 6 heteroatoms. The van der Waals surface area contributed by atoms with E-state index in [4.69, 9.17) is 0 Å². The first kappa shape index (κ1) is 17.4. The molecule has 0 bridgehead atoms. The summed E-state index contributed by atoms with van der Waals surface area (Å²) in [5.41, 5.74) is 0.938. The Kier molecular flexibility index (Phi) is 7.68. The highest BCUT2D eigenvalue weighted by Gasteiger charge is 2.11. The van der Waals surface area contributed by atoms with Gasteiger partial charge in [-0.25, -0.2) is 9.97 Å². The highest BCUT2D eigenvalue weighted by atomic mass is 16.2. The number of carbonyl (C=O) groups excluding carboxylic acids is 1. The van der Waals surface area contributed by atoms with Gasteiger partial charge in [-0.15, -0.1) is 0 Å². The summed E-state index contributed by atoms with van der Waals surface area (Å²) in [6.07, 6.45) is 1.05. The molecule has 0 spiro atoms. The average Bonchev–Trinajstić information content (AvgIpc) is 2.44. The lowest BCUT2D eigenvalue weighted by molar-refractivity contribution is -0.122. The van der Waals surface area contributed by atoms with Crippen LogP contribution in [0, 0.1) is 6.92 Å². The van der Waals surface area contributed by atoms with Gasteiger partial charge in [-0.1, -0.05) is 13.8 Å². The van der Waals surface area contributed by atoms with Gasteiger partial charge in [0.1, 0.15) is 11.6 Å². The third kappa shape index (κ3) is 6.53. The van der Waals surface area contributed by atoms with Crippen LogP contribution in [0.3, 0.4) is 0 Å². The standard InChI is InChI=1S/C15H27N5O/c1-5-8-17-13-9-12(4)18-14(19-13)10-20(7-3)11-15(21)16-6-2/h9H,5-8,10-11H2,1-4H3,(H,16,21)(H,17,18,19). The number of hydrogen-bond acceptors (Lipinski definition) is 5. The highest BCUT2D eigenvalue weighted by molar-refractivity contribution is 5.77. The van der Waals surface area contributed by atoms with E-state index in [0.29, 0.717) is 19.6 Å². The van der Waals surface area contributed by atoms with Crippen molar-refractivity contribution in [1.29, 1.82) is 0 Å². The van der Waals surface area contributed by atoms with Crippen molar-refractivity contribution in [3.63, 3.8) is 0 Å². The molecule has 0 radical (unpaired) electrons. The van der Waals surface area contributed by atoms with Crippen molar-refractivity contribution >= 4 is 11.7 Å². The molecule has 1 heterocycles. The molecule has 1 rings (SSSR count). The summed E-state index contributed by atoms with van der Waals surface area (Å²) >= 11 is 0. The largest absolute Gasteiger partial charge is 0.370 e. The summed E-state index contributed by atoms with van der Waals surface area (Å²) in [7, 11) is 0. The van der Waals surface area contributed by atoms with E-state index in [1.54, 1.807) is 0 Å². The molecule has 21 heavy (non-hydrogen) atoms. The van der Waals surface area contributed by atoms with Crippen LogP contribution < -0.4 is 10.6 Å². The molecular weight excluding hydrogens is 266 g/mol. The lowest BCUT2D eigenvalue weighted by Crippen LogP contribution is -2.37. The van der Waals surface area contributed by atoms with E-state index in [9.17, 15) is 4.79 Å². The van der Waals surface area contributed by atoms with E-state index in [1.807, 2.05) is 31.7 Å². The minimum Gasteiger partial charge on any atom is -0.370 e. The summed E-state index contributed by atoms with van der Waals surface area (Å²) < 4.78 is 0. The Morgan fingerprint density at radius 3 is 2.67 bits per heavy atom. The zero-order valence-corrected chi connectivity index (χ0v) is 13.6. The summed E-state index contributed by atoms with van der Waals surface area (Å²) in [5.74, 6) is 1.64. The number of likely N-dealkylation sites (N-methyl/N-ethyl adjacent to an activating group) is 2. The second kappa shape index (κ2) is 9.28. The molecule has 0 saturated heterocycles. The zero-order valence-electron chi connectivity index (χ0n) is 13.6. The molecule has 6 nitrogen and oxygen atoms in total. The first-order valence-electron chi connectivity index (χ1n) is 7.66. The number of amides is 1. The molecule has 0 aliphatic carbocycles. The van der Waals surface area contributed by atoms with E-state index in [1.165, 1.54) is 0 Å². The third-order valence-electron chi connectivity index (χ3n) is 3.01. The van der Waals surface area contributed by atoms with Crippen LogP contribution in [0.5, 0.6) is 0 Å². The fourth-order valence-corrected chi connectivity index (χ4v) is 1.98. The lowest BCUT2D eigenvalue weighted by Gasteiger charge is -2.19. The van der Waals surface area contributed by atoms with Crippen molar-refractivity contribution in [3.8, 4) is 0 Å². The minimum atomic E-state index is 0.0383. The maximum absolute atomic E-state index is 11.7. The predicted octanol–water partition coefficient (Wildman–Crippen LogP) is 1.56. The van der Waals surface area contributed by atoms with E-state index in [0.717, 1.165) is 36.8 Å². The molecule has 0 saturated carbocycles. The Hall–Kier alpha value is -1.69. The van der Waals surface area contributed by atoms with Gasteiger partial charge in [-0.05, 0) is 26.8 Å². The second-order valence-corrected chi connectivity index (χ2v) is 4.99. The number of aryl methyl sites for hydroxylation is 1. The van der Waals surface area contributed by atoms with Crippen LogP contribution in [0.2, 0.25) is 0 Å². The van der Waals surface area contributed by atoms with Gasteiger partial charge >= 0.3 is 0 Å². The first-order valence-corrected chi connectivity index (χ1v) is 7.66. The van der Waals surface area contributed by atoms with Crippen molar-refractivity contribution in [3.05, 3.63) is 17.6 Å². The number of nitrogens with zero attached hydrogens (tertiary/aromatic N) is 3. The molecule has 0 aromatic carbocycles. The molecule has 0 fully saturated rings. The average molecular weight is 293 g/mol. The van der Waals surface area contributed by atoms with E-state index in [2.05, 4.69) is 27.5 Å². The molecule has 1 aromatic heterocycles. The van der Waals surface area contributed by atoms with Crippen molar-refractivity contribution in [1.82, 2.24) is 20.2 Å². The minimum absolute atomic E-state index is 0.0383. The Balaban J connectivity index is 2.70. The summed E-state index contributed by atoms with van der Waals surface area (Å²) in [4.78, 5) is 22.7. The van der Waals surface area contributed by atoms with Crippen molar-refractivity contribution < 1.29 is 4.79 Å². The fraction of sp³-hybridized carbons (Fsp3) is 0.667. The number of rotatable bonds is 9. The molecule has 1 amide bonds. The number of carbonyl (C=O) groups is 1. The van der Waals surface area contributed by atoms with Crippen LogP contribution in [0.15, 0.2) is 6.07 Å². The number of anilines is 1. The Labute approximate surface area is 127 Å². The number of aromatic nitrogens is 2. The van der Waals surface area contributed by atoms with Gasteiger partial charge in [0.15, 0.2) is 0 Å². The van der Waals surface area contributed by atoms with Crippen LogP contribution in [-0.4, -0.2) is 47.0 Å². The van der Waals surface area contributed by atoms with Crippen LogP contribution in [0.25, 0.3) is 0 Å². The summed E-state index contributed by atoms with van der Waals surface area (Å²) in [5, 5.41) is 6.09. The molecule has 1 aromatic rings. The second-order valence-electron chi connectivity index (χ2n) is 4.99. The highest BCUT2D eigenvalue weighted by Crippen LogP contribution is 2.08. The van der Waals surface area contributed by atoms with Crippen LogP contribution in [0.1, 0.15) is 38.7 Å². The molecule has 2 N–H and O–H groups in total. The third-order valence-corrected chi connectivity index (χ3v) is 3.01. The van der Waals surface area contributed by atoms with Gasteiger partial charge in [0.05, 0.1) is 13.1 Å². The zero-order chi connectivity index (χ0) is 15.7. The Bertz CT molecular complexity index is 450. The van der Waals surface area contributed by atoms with Crippen LogP contribution >= 0.6 is 0 Å². The molecular formula is C15H27N5O. The molecule has 0 aliphatic heterocycles. The maximum atomic E-state index is 11.7. The lowest BCUT2D eigenvalue weighted by atomic mass is 10.3. The van der Waals surface area contributed by atoms with Gasteiger partial charge < -0.3 is 10.6 Å². The SMILES string of the molecule is CCCNc1cc(C)nc(CN(CC)CC(=O)NCC)n1. The van der Waals surface area contributed by atoms with E-state index >= 15 is 0 Å². The van der Waals surface area contributed by atoms with Crippen molar-refractivity contribution in [2.75, 3.05) is 31.5 Å². The maximum Gasteiger partial charge on any atom is 0.234 e. The predicted molar refractivity (Wildman–Crippen MR) is 85.2 cm³/mol. The fourth-order valence-electron chi connectivity index (χ4n) is 1.98. The van der Waals surface area contributed by atoms with Gasteiger partial charge in [0, 0.05) is 24.8 Å². The van der Waals surface area contributed by atoms with Gasteiger partial charge in [0.25, 0.3) is 0 Å². The van der Waals surface area contributed by atoms with Crippen molar-refractivity contribution in [2.45, 2.75) is 40.7 Å². The molecule has 0 atom stereocenters. The summed E-state index contributed by atoms with van der Waals surface area (Å²) in [6.45, 7) is 11.3. The first-order chi connectivity index (χ1) is 10.1. The van der Waals surface area contributed by atoms with Gasteiger partial charge in [-0.2, -0.15) is 0 Å². The van der Waals surface area contributed by atoms with E-state index < -0.39 is 0 Å². The topological polar surface area (TPSA) is 70.2 Å². The molecule has 118 valence electrons. The molecule has 0 unspecified atom stereocenters. The van der Waals surface area contributed by atoms with Crippen LogP contribution in [0.4, 0.5) is 5.82 Å².